The molecule has 1 aromatic rings. The maximum absolute atomic E-state index is 5.57. The predicted octanol–water partition coefficient (Wildman–Crippen LogP) is 1.16. The summed E-state index contributed by atoms with van der Waals surface area (Å²) < 4.78 is 1.15. The number of fused-ring (bicyclic) bond motifs is 1. The lowest BCUT2D eigenvalue weighted by atomic mass is 10.2. The van der Waals surface area contributed by atoms with Gasteiger partial charge in [0.25, 0.3) is 0 Å². The Kier molecular flexibility index (Phi) is 1.49. The largest absolute Gasteiger partial charge is 0.382 e. The molecule has 0 atom stereocenters. The van der Waals surface area contributed by atoms with Crippen LogP contribution in [-0.4, -0.2) is 5.84 Å². The van der Waals surface area contributed by atoms with Crippen LogP contribution in [-0.2, 0) is 0 Å². The molecule has 1 heterocycles. The summed E-state index contributed by atoms with van der Waals surface area (Å²) in [6, 6.07) is 5.88. The molecule has 0 bridgehead atoms. The summed E-state index contributed by atoms with van der Waals surface area (Å²) in [5.74, 6) is 0.513. The molecule has 4 heteroatoms. The molecule has 0 unspecified atom stereocenters. The number of nitrogens with zero attached hydrogens (tertiary/aromatic N) is 2. The van der Waals surface area contributed by atoms with Crippen molar-refractivity contribution in [1.29, 1.82) is 0 Å². The van der Waals surface area contributed by atoms with Crippen molar-refractivity contribution in [3.05, 3.63) is 27.3 Å². The molecule has 3 nitrogen and oxygen atoms in total. The second-order valence-corrected chi connectivity index (χ2v) is 3.49. The van der Waals surface area contributed by atoms with E-state index in [4.69, 9.17) is 5.73 Å². The fraction of sp³-hybridized carbons (Fsp3) is 0. The molecule has 0 aromatic heterocycles. The van der Waals surface area contributed by atoms with E-state index in [0.29, 0.717) is 5.84 Å². The van der Waals surface area contributed by atoms with Gasteiger partial charge in [-0.25, -0.2) is 0 Å². The first-order valence-electron chi connectivity index (χ1n) is 3.11. The fourth-order valence-corrected chi connectivity index (χ4v) is 1.45. The van der Waals surface area contributed by atoms with Crippen LogP contribution < -0.4 is 11.2 Å². The Morgan fingerprint density at radius 2 is 2.18 bits per heavy atom. The Hall–Kier alpha value is -0.780. The average Bonchev–Trinajstić information content (AvgIpc) is 2.33. The zero-order valence-electron chi connectivity index (χ0n) is 5.58. The summed E-state index contributed by atoms with van der Waals surface area (Å²) in [5.41, 5.74) is 11.3. The fourth-order valence-electron chi connectivity index (χ4n) is 0.962. The molecular formula is C7H5IN3. The lowest BCUT2D eigenvalue weighted by Crippen LogP contribution is -2.09. The SMILES string of the molecule is NC1=N[N]c2ccc(I)cc21. The first-order chi connectivity index (χ1) is 5.27. The molecule has 2 rings (SSSR count). The molecule has 0 spiro atoms. The summed E-state index contributed by atoms with van der Waals surface area (Å²) in [6.07, 6.45) is 0. The molecule has 1 aromatic carbocycles. The van der Waals surface area contributed by atoms with Crippen LogP contribution >= 0.6 is 22.6 Å². The van der Waals surface area contributed by atoms with Gasteiger partial charge in [0.15, 0.2) is 5.84 Å². The molecule has 0 amide bonds. The number of hydrogen-bond acceptors (Lipinski definition) is 2. The van der Waals surface area contributed by atoms with Crippen molar-refractivity contribution < 1.29 is 0 Å². The minimum Gasteiger partial charge on any atom is -0.382 e. The molecule has 1 radical (unpaired) electrons. The van der Waals surface area contributed by atoms with Gasteiger partial charge in [-0.05, 0) is 40.8 Å². The van der Waals surface area contributed by atoms with Crippen LogP contribution in [0.25, 0.3) is 0 Å². The van der Waals surface area contributed by atoms with E-state index in [1.807, 2.05) is 18.2 Å². The summed E-state index contributed by atoms with van der Waals surface area (Å²) in [5, 5.41) is 3.76. The topological polar surface area (TPSA) is 52.5 Å². The van der Waals surface area contributed by atoms with Crippen LogP contribution in [0.15, 0.2) is 23.3 Å². The van der Waals surface area contributed by atoms with Gasteiger partial charge in [-0.2, -0.15) is 0 Å². The number of halogens is 1. The van der Waals surface area contributed by atoms with Gasteiger partial charge in [0.2, 0.25) is 0 Å². The Morgan fingerprint density at radius 1 is 1.36 bits per heavy atom. The van der Waals surface area contributed by atoms with Crippen LogP contribution in [0.2, 0.25) is 0 Å². The second-order valence-electron chi connectivity index (χ2n) is 2.25. The van der Waals surface area contributed by atoms with Gasteiger partial charge in [-0.3, -0.25) is 0 Å². The van der Waals surface area contributed by atoms with E-state index in [9.17, 15) is 0 Å². The predicted molar refractivity (Wildman–Crippen MR) is 51.7 cm³/mol. The number of rotatable bonds is 0. The van der Waals surface area contributed by atoms with E-state index in [1.165, 1.54) is 0 Å². The van der Waals surface area contributed by atoms with Crippen molar-refractivity contribution in [3.8, 4) is 0 Å². The molecule has 0 fully saturated rings. The number of hydrogen-bond donors (Lipinski definition) is 1. The Labute approximate surface area is 77.8 Å². The first-order valence-corrected chi connectivity index (χ1v) is 4.19. The van der Waals surface area contributed by atoms with E-state index >= 15 is 0 Å². The molecule has 2 N–H and O–H groups in total. The smallest absolute Gasteiger partial charge is 0.155 e. The Balaban J connectivity index is 2.60. The molecule has 0 saturated heterocycles. The quantitative estimate of drug-likeness (QED) is 0.697. The Morgan fingerprint density at radius 3 is 3.00 bits per heavy atom. The monoisotopic (exact) mass is 258 g/mol. The summed E-state index contributed by atoms with van der Waals surface area (Å²) in [7, 11) is 0. The minimum absolute atomic E-state index is 0.513. The first kappa shape index (κ1) is 6.90. The molecule has 0 aliphatic carbocycles. The van der Waals surface area contributed by atoms with Gasteiger partial charge >= 0.3 is 0 Å². The summed E-state index contributed by atoms with van der Waals surface area (Å²) >= 11 is 2.23. The zero-order chi connectivity index (χ0) is 7.84. The lowest BCUT2D eigenvalue weighted by molar-refractivity contribution is 0.985. The van der Waals surface area contributed by atoms with Crippen LogP contribution in [0.3, 0.4) is 0 Å². The van der Waals surface area contributed by atoms with E-state index in [2.05, 4.69) is 33.1 Å². The average molecular weight is 258 g/mol. The summed E-state index contributed by atoms with van der Waals surface area (Å²) in [6.45, 7) is 0. The van der Waals surface area contributed by atoms with Gasteiger partial charge in [0.05, 0.1) is 5.69 Å². The number of nitrogens with two attached hydrogens (primary N) is 1. The minimum atomic E-state index is 0.513. The highest BCUT2D eigenvalue weighted by Gasteiger charge is 2.13. The van der Waals surface area contributed by atoms with Crippen molar-refractivity contribution in [1.82, 2.24) is 5.43 Å². The van der Waals surface area contributed by atoms with Gasteiger partial charge in [-0.15, -0.1) is 10.5 Å². The van der Waals surface area contributed by atoms with Gasteiger partial charge in [0, 0.05) is 9.13 Å². The van der Waals surface area contributed by atoms with E-state index < -0.39 is 0 Å². The van der Waals surface area contributed by atoms with Crippen LogP contribution in [0.4, 0.5) is 5.69 Å². The maximum Gasteiger partial charge on any atom is 0.155 e. The normalized spacial score (nSPS) is 13.7. The molecule has 11 heavy (non-hydrogen) atoms. The van der Waals surface area contributed by atoms with Crippen molar-refractivity contribution in [2.75, 3.05) is 0 Å². The lowest BCUT2D eigenvalue weighted by Gasteiger charge is -1.96. The molecule has 0 saturated carbocycles. The van der Waals surface area contributed by atoms with Crippen molar-refractivity contribution in [2.45, 2.75) is 0 Å². The van der Waals surface area contributed by atoms with Crippen LogP contribution in [0.5, 0.6) is 0 Å². The summed E-state index contributed by atoms with van der Waals surface area (Å²) in [4.78, 5) is 0. The Bertz CT molecular complexity index is 332. The van der Waals surface area contributed by atoms with Crippen molar-refractivity contribution >= 4 is 34.1 Å². The van der Waals surface area contributed by atoms with Gasteiger partial charge in [-0.1, -0.05) is 0 Å². The highest BCUT2D eigenvalue weighted by Crippen LogP contribution is 2.22. The van der Waals surface area contributed by atoms with Crippen molar-refractivity contribution in [3.63, 3.8) is 0 Å². The van der Waals surface area contributed by atoms with Crippen molar-refractivity contribution in [2.24, 2.45) is 10.8 Å². The number of benzene rings is 1. The third-order valence-corrected chi connectivity index (χ3v) is 2.17. The molecule has 55 valence electrons. The van der Waals surface area contributed by atoms with Gasteiger partial charge < -0.3 is 5.73 Å². The van der Waals surface area contributed by atoms with Crippen LogP contribution in [0.1, 0.15) is 5.56 Å². The maximum atomic E-state index is 5.57. The van der Waals surface area contributed by atoms with E-state index in [1.54, 1.807) is 0 Å². The van der Waals surface area contributed by atoms with E-state index in [-0.39, 0.29) is 0 Å². The molecule has 1 aliphatic rings. The van der Waals surface area contributed by atoms with Gasteiger partial charge in [0.1, 0.15) is 0 Å². The van der Waals surface area contributed by atoms with E-state index in [0.717, 1.165) is 14.8 Å². The third-order valence-electron chi connectivity index (χ3n) is 1.50. The number of amidine groups is 1. The van der Waals surface area contributed by atoms with Crippen LogP contribution in [0, 0.1) is 3.57 Å². The highest BCUT2D eigenvalue weighted by molar-refractivity contribution is 14.1. The molecule has 1 aliphatic heterocycles. The standard InChI is InChI=1S/C7H5IN3/c8-4-1-2-6-5(3-4)7(9)11-10-6/h1-3H,(H2,9,11). The molecular weight excluding hydrogens is 253 g/mol. The zero-order valence-corrected chi connectivity index (χ0v) is 7.74. The third kappa shape index (κ3) is 1.07. The highest BCUT2D eigenvalue weighted by atomic mass is 127. The second kappa shape index (κ2) is 2.37.